The molecule has 1 saturated heterocycles. The van der Waals surface area contributed by atoms with E-state index in [1.165, 1.54) is 19.2 Å². The summed E-state index contributed by atoms with van der Waals surface area (Å²) in [5.41, 5.74) is 0.337. The number of alkyl halides is 2. The Labute approximate surface area is 120 Å². The first-order valence-electron chi connectivity index (χ1n) is 6.35. The number of nitrogens with one attached hydrogen (secondary N) is 2. The second-order valence-corrected chi connectivity index (χ2v) is 4.32. The summed E-state index contributed by atoms with van der Waals surface area (Å²) in [6.45, 7) is -1.57. The van der Waals surface area contributed by atoms with Gasteiger partial charge in [-0.1, -0.05) is 0 Å². The van der Waals surface area contributed by atoms with E-state index in [1.807, 2.05) is 0 Å². The highest BCUT2D eigenvalue weighted by Gasteiger charge is 2.21. The molecule has 2 rings (SSSR count). The molecule has 8 heteroatoms. The van der Waals surface area contributed by atoms with E-state index in [0.717, 1.165) is 0 Å². The summed E-state index contributed by atoms with van der Waals surface area (Å²) in [6, 6.07) is 3.80. The molecule has 1 aliphatic heterocycles. The largest absolute Gasteiger partial charge is 0.493 e. The van der Waals surface area contributed by atoms with Gasteiger partial charge in [-0.2, -0.15) is 8.78 Å². The van der Waals surface area contributed by atoms with Crippen LogP contribution in [0.5, 0.6) is 11.5 Å². The Morgan fingerprint density at radius 1 is 1.48 bits per heavy atom. The van der Waals surface area contributed by atoms with Crippen LogP contribution in [0.3, 0.4) is 0 Å². The number of rotatable bonds is 5. The Morgan fingerprint density at radius 3 is 2.90 bits per heavy atom. The second-order valence-electron chi connectivity index (χ2n) is 4.32. The highest BCUT2D eigenvalue weighted by molar-refractivity contribution is 5.95. The van der Waals surface area contributed by atoms with Gasteiger partial charge in [0.05, 0.1) is 20.3 Å². The number of anilines is 1. The fourth-order valence-corrected chi connectivity index (χ4v) is 1.91. The molecule has 1 aromatic rings. The lowest BCUT2D eigenvalue weighted by Gasteiger charge is -2.23. The first kappa shape index (κ1) is 15.5. The summed E-state index contributed by atoms with van der Waals surface area (Å²) >= 11 is 0. The SMILES string of the molecule is COc1ccc(NC(=O)C2COCCN2)cc1OC(F)F. The van der Waals surface area contributed by atoms with Gasteiger partial charge in [0.1, 0.15) is 6.04 Å². The van der Waals surface area contributed by atoms with Crippen molar-refractivity contribution in [1.29, 1.82) is 0 Å². The van der Waals surface area contributed by atoms with Gasteiger partial charge in [0.25, 0.3) is 0 Å². The van der Waals surface area contributed by atoms with Crippen molar-refractivity contribution < 1.29 is 27.8 Å². The summed E-state index contributed by atoms with van der Waals surface area (Å²) in [5.74, 6) is -0.284. The molecule has 1 fully saturated rings. The number of carbonyl (C=O) groups is 1. The predicted molar refractivity (Wildman–Crippen MR) is 70.9 cm³/mol. The Morgan fingerprint density at radius 2 is 2.29 bits per heavy atom. The van der Waals surface area contributed by atoms with Crippen LogP contribution in [-0.2, 0) is 9.53 Å². The maximum absolute atomic E-state index is 12.3. The van der Waals surface area contributed by atoms with Gasteiger partial charge in [0.2, 0.25) is 5.91 Å². The molecular weight excluding hydrogens is 286 g/mol. The third kappa shape index (κ3) is 4.27. The molecule has 0 radical (unpaired) electrons. The third-order valence-electron chi connectivity index (χ3n) is 2.89. The van der Waals surface area contributed by atoms with Crippen LogP contribution in [0.2, 0.25) is 0 Å². The molecule has 2 N–H and O–H groups in total. The Bertz CT molecular complexity index is 493. The number of carbonyl (C=O) groups excluding carboxylic acids is 1. The molecule has 1 aliphatic rings. The highest BCUT2D eigenvalue weighted by atomic mass is 19.3. The summed E-state index contributed by atoms with van der Waals surface area (Å²) in [7, 11) is 1.34. The smallest absolute Gasteiger partial charge is 0.387 e. The van der Waals surface area contributed by atoms with Gasteiger partial charge < -0.3 is 24.8 Å². The van der Waals surface area contributed by atoms with Crippen molar-refractivity contribution >= 4 is 11.6 Å². The summed E-state index contributed by atoms with van der Waals surface area (Å²) in [6.07, 6.45) is 0. The van der Waals surface area contributed by atoms with Gasteiger partial charge in [0, 0.05) is 18.3 Å². The first-order chi connectivity index (χ1) is 10.1. The molecule has 0 aromatic heterocycles. The van der Waals surface area contributed by atoms with Crippen LogP contribution < -0.4 is 20.1 Å². The number of amides is 1. The molecule has 1 amide bonds. The lowest BCUT2D eigenvalue weighted by atomic mass is 10.2. The Hall–Kier alpha value is -1.93. The van der Waals surface area contributed by atoms with Crippen LogP contribution >= 0.6 is 0 Å². The van der Waals surface area contributed by atoms with Gasteiger partial charge in [0.15, 0.2) is 11.5 Å². The summed E-state index contributed by atoms with van der Waals surface area (Å²) < 4.78 is 39.1. The van der Waals surface area contributed by atoms with E-state index in [2.05, 4.69) is 15.4 Å². The average Bonchev–Trinajstić information content (AvgIpc) is 2.48. The number of methoxy groups -OCH3 is 1. The molecule has 0 spiro atoms. The molecule has 6 nitrogen and oxygen atoms in total. The van der Waals surface area contributed by atoms with Crippen molar-refractivity contribution in [2.75, 3.05) is 32.2 Å². The average molecular weight is 302 g/mol. The molecule has 116 valence electrons. The zero-order chi connectivity index (χ0) is 15.2. The number of hydrogen-bond donors (Lipinski definition) is 2. The van der Waals surface area contributed by atoms with Crippen molar-refractivity contribution in [3.8, 4) is 11.5 Å². The van der Waals surface area contributed by atoms with Gasteiger partial charge in [-0.3, -0.25) is 4.79 Å². The Balaban J connectivity index is 2.07. The lowest BCUT2D eigenvalue weighted by Crippen LogP contribution is -2.48. The second kappa shape index (κ2) is 7.19. The highest BCUT2D eigenvalue weighted by Crippen LogP contribution is 2.31. The molecule has 1 heterocycles. The monoisotopic (exact) mass is 302 g/mol. The zero-order valence-electron chi connectivity index (χ0n) is 11.4. The van der Waals surface area contributed by atoms with E-state index in [1.54, 1.807) is 6.07 Å². The molecular formula is C13H16F2N2O4. The summed E-state index contributed by atoms with van der Waals surface area (Å²) in [5, 5.41) is 5.61. The number of benzene rings is 1. The van der Waals surface area contributed by atoms with Crippen LogP contribution in [0.25, 0.3) is 0 Å². The quantitative estimate of drug-likeness (QED) is 0.856. The fraction of sp³-hybridized carbons (Fsp3) is 0.462. The normalized spacial score (nSPS) is 18.4. The van der Waals surface area contributed by atoms with Crippen molar-refractivity contribution in [2.24, 2.45) is 0 Å². The van der Waals surface area contributed by atoms with Gasteiger partial charge in [-0.05, 0) is 12.1 Å². The topological polar surface area (TPSA) is 68.8 Å². The van der Waals surface area contributed by atoms with Crippen molar-refractivity contribution in [3.05, 3.63) is 18.2 Å². The van der Waals surface area contributed by atoms with E-state index in [0.29, 0.717) is 18.8 Å². The molecule has 1 atom stereocenters. The van der Waals surface area contributed by atoms with E-state index >= 15 is 0 Å². The van der Waals surface area contributed by atoms with Crippen LogP contribution in [0, 0.1) is 0 Å². The van der Waals surface area contributed by atoms with Gasteiger partial charge >= 0.3 is 6.61 Å². The predicted octanol–water partition coefficient (Wildman–Crippen LogP) is 1.22. The standard InChI is InChI=1S/C13H16F2N2O4/c1-19-10-3-2-8(6-11(10)21-13(14)15)17-12(18)9-7-20-5-4-16-9/h2-3,6,9,13,16H,4-5,7H2,1H3,(H,17,18). The number of hydrogen-bond acceptors (Lipinski definition) is 5. The maximum atomic E-state index is 12.3. The first-order valence-corrected chi connectivity index (χ1v) is 6.35. The van der Waals surface area contributed by atoms with Crippen LogP contribution in [-0.4, -0.2) is 45.4 Å². The lowest BCUT2D eigenvalue weighted by molar-refractivity contribution is -0.120. The van der Waals surface area contributed by atoms with E-state index in [-0.39, 0.29) is 24.0 Å². The minimum Gasteiger partial charge on any atom is -0.493 e. The molecule has 21 heavy (non-hydrogen) atoms. The minimum atomic E-state index is -2.97. The van der Waals surface area contributed by atoms with Gasteiger partial charge in [-0.25, -0.2) is 0 Å². The molecule has 0 bridgehead atoms. The minimum absolute atomic E-state index is 0.141. The summed E-state index contributed by atoms with van der Waals surface area (Å²) in [4.78, 5) is 12.0. The molecule has 0 aliphatic carbocycles. The van der Waals surface area contributed by atoms with Crippen LogP contribution in [0.4, 0.5) is 14.5 Å². The fourth-order valence-electron chi connectivity index (χ4n) is 1.91. The van der Waals surface area contributed by atoms with E-state index in [4.69, 9.17) is 9.47 Å². The zero-order valence-corrected chi connectivity index (χ0v) is 11.4. The number of halogens is 2. The van der Waals surface area contributed by atoms with Crippen LogP contribution in [0.1, 0.15) is 0 Å². The van der Waals surface area contributed by atoms with Crippen molar-refractivity contribution in [1.82, 2.24) is 5.32 Å². The maximum Gasteiger partial charge on any atom is 0.387 e. The number of ether oxygens (including phenoxy) is 3. The van der Waals surface area contributed by atoms with Crippen molar-refractivity contribution in [3.63, 3.8) is 0 Å². The molecule has 0 saturated carbocycles. The molecule has 1 aromatic carbocycles. The third-order valence-corrected chi connectivity index (χ3v) is 2.89. The van der Waals surface area contributed by atoms with E-state index in [9.17, 15) is 13.6 Å². The van der Waals surface area contributed by atoms with Crippen LogP contribution in [0.15, 0.2) is 18.2 Å². The molecule has 1 unspecified atom stereocenters. The van der Waals surface area contributed by atoms with Crippen molar-refractivity contribution in [2.45, 2.75) is 12.7 Å². The Kier molecular flexibility index (Phi) is 5.29. The number of morpholine rings is 1. The van der Waals surface area contributed by atoms with E-state index < -0.39 is 12.7 Å². The van der Waals surface area contributed by atoms with Gasteiger partial charge in [-0.15, -0.1) is 0 Å².